The highest BCUT2D eigenvalue weighted by Gasteiger charge is 2.29. The number of benzene rings is 7. The van der Waals surface area contributed by atoms with Gasteiger partial charge in [0.1, 0.15) is 0 Å². The fourth-order valence-electron chi connectivity index (χ4n) is 9.23. The number of nitrogens with zero attached hydrogens (tertiary/aromatic N) is 4. The van der Waals surface area contributed by atoms with E-state index < -0.39 is 0 Å². The topological polar surface area (TPSA) is 13.0 Å². The molecule has 0 bridgehead atoms. The van der Waals surface area contributed by atoms with Crippen molar-refractivity contribution in [3.63, 3.8) is 0 Å². The van der Waals surface area contributed by atoms with E-state index in [1.807, 2.05) is 0 Å². The molecule has 2 saturated heterocycles. The molecular formula is C50H50N4. The molecule has 0 aromatic heterocycles. The van der Waals surface area contributed by atoms with Gasteiger partial charge in [-0.15, -0.1) is 0 Å². The van der Waals surface area contributed by atoms with Crippen molar-refractivity contribution in [2.45, 2.75) is 25.2 Å². The van der Waals surface area contributed by atoms with Crippen LogP contribution in [0.4, 0.5) is 0 Å². The average molecular weight is 707 g/mol. The molecule has 7 aromatic carbocycles. The summed E-state index contributed by atoms with van der Waals surface area (Å²) < 4.78 is 0. The summed E-state index contributed by atoms with van der Waals surface area (Å²) in [6.45, 7) is 10.3. The zero-order valence-corrected chi connectivity index (χ0v) is 31.2. The normalized spacial score (nSPS) is 16.5. The van der Waals surface area contributed by atoms with E-state index in [0.717, 1.165) is 65.4 Å². The zero-order valence-electron chi connectivity index (χ0n) is 31.2. The molecule has 2 fully saturated rings. The Balaban J connectivity index is 0.944. The van der Waals surface area contributed by atoms with Crippen LogP contribution in [0.5, 0.6) is 0 Å². The Bertz CT molecular complexity index is 1960. The predicted molar refractivity (Wildman–Crippen MR) is 225 cm³/mol. The van der Waals surface area contributed by atoms with E-state index in [9.17, 15) is 0 Å². The Kier molecular flexibility index (Phi) is 10.3. The number of hydrogen-bond acceptors (Lipinski definition) is 4. The molecule has 4 heteroatoms. The molecule has 270 valence electrons. The monoisotopic (exact) mass is 706 g/mol. The van der Waals surface area contributed by atoms with Crippen LogP contribution >= 0.6 is 0 Å². The highest BCUT2D eigenvalue weighted by atomic mass is 15.3. The zero-order chi connectivity index (χ0) is 36.1. The van der Waals surface area contributed by atoms with Gasteiger partial charge in [-0.05, 0) is 54.9 Å². The van der Waals surface area contributed by atoms with Crippen molar-refractivity contribution in [1.29, 1.82) is 0 Å². The van der Waals surface area contributed by atoms with E-state index in [1.165, 1.54) is 54.9 Å². The Morgan fingerprint density at radius 2 is 0.537 bits per heavy atom. The molecule has 0 N–H and O–H groups in total. The van der Waals surface area contributed by atoms with Crippen LogP contribution < -0.4 is 0 Å². The molecule has 2 aliphatic heterocycles. The van der Waals surface area contributed by atoms with Crippen LogP contribution in [0.2, 0.25) is 0 Å². The van der Waals surface area contributed by atoms with E-state index in [4.69, 9.17) is 0 Å². The van der Waals surface area contributed by atoms with Crippen LogP contribution in [-0.2, 0) is 13.1 Å². The molecule has 0 unspecified atom stereocenters. The average Bonchev–Trinajstić information content (AvgIpc) is 3.25. The number of fused-ring (bicyclic) bond motifs is 2. The molecule has 9 rings (SSSR count). The smallest absolute Gasteiger partial charge is 0.0602 e. The Hall–Kier alpha value is -5.10. The summed E-state index contributed by atoms with van der Waals surface area (Å²) in [7, 11) is 0. The maximum absolute atomic E-state index is 2.69. The summed E-state index contributed by atoms with van der Waals surface area (Å²) >= 11 is 0. The number of piperazine rings is 2. The minimum absolute atomic E-state index is 0.278. The third-order valence-corrected chi connectivity index (χ3v) is 11.9. The first-order valence-corrected chi connectivity index (χ1v) is 19.8. The molecule has 0 aliphatic carbocycles. The predicted octanol–water partition coefficient (Wildman–Crippen LogP) is 9.81. The minimum atomic E-state index is 0.278. The van der Waals surface area contributed by atoms with Crippen molar-refractivity contribution in [3.8, 4) is 0 Å². The van der Waals surface area contributed by atoms with E-state index in [1.54, 1.807) is 0 Å². The van der Waals surface area contributed by atoms with Crippen molar-refractivity contribution in [2.75, 3.05) is 52.4 Å². The van der Waals surface area contributed by atoms with E-state index >= 15 is 0 Å². The molecule has 0 radical (unpaired) electrons. The van der Waals surface area contributed by atoms with Gasteiger partial charge in [-0.1, -0.05) is 170 Å². The second-order valence-corrected chi connectivity index (χ2v) is 15.1. The van der Waals surface area contributed by atoms with Gasteiger partial charge in [0.25, 0.3) is 0 Å². The molecule has 0 atom stereocenters. The third kappa shape index (κ3) is 7.23. The van der Waals surface area contributed by atoms with Crippen LogP contribution in [0.15, 0.2) is 170 Å². The number of rotatable bonds is 10. The van der Waals surface area contributed by atoms with Gasteiger partial charge in [-0.2, -0.15) is 0 Å². The lowest BCUT2D eigenvalue weighted by atomic mass is 9.90. The van der Waals surface area contributed by atoms with E-state index in [2.05, 4.69) is 189 Å². The lowest BCUT2D eigenvalue weighted by molar-refractivity contribution is 0.105. The summed E-state index contributed by atoms with van der Waals surface area (Å²) in [6.07, 6.45) is 0. The molecule has 4 nitrogen and oxygen atoms in total. The largest absolute Gasteiger partial charge is 0.296 e. The van der Waals surface area contributed by atoms with Crippen molar-refractivity contribution in [2.24, 2.45) is 0 Å². The lowest BCUT2D eigenvalue weighted by Gasteiger charge is -2.40. The summed E-state index contributed by atoms with van der Waals surface area (Å²) in [6, 6.07) is 63.2. The van der Waals surface area contributed by atoms with Crippen molar-refractivity contribution in [3.05, 3.63) is 203 Å². The lowest BCUT2D eigenvalue weighted by Crippen LogP contribution is -2.47. The first kappa shape index (κ1) is 34.7. The van der Waals surface area contributed by atoms with Gasteiger partial charge in [0, 0.05) is 65.4 Å². The standard InChI is InChI=1S/C50H50N4/c1-5-17-39(18-6-1)49(40-19-7-2-8-20-40)53-33-29-51(30-34-53)37-47-43-25-13-15-27-45(43)48(46-28-16-14-26-44(46)47)38-52-31-35-54(36-32-52)50(41-21-9-3-10-22-41)42-23-11-4-12-24-42/h1-28,49-50H,29-38H2. The summed E-state index contributed by atoms with van der Waals surface area (Å²) in [5.74, 6) is 0. The van der Waals surface area contributed by atoms with Gasteiger partial charge in [-0.3, -0.25) is 19.6 Å². The van der Waals surface area contributed by atoms with Crippen molar-refractivity contribution in [1.82, 2.24) is 19.6 Å². The highest BCUT2D eigenvalue weighted by Crippen LogP contribution is 2.37. The van der Waals surface area contributed by atoms with Crippen LogP contribution in [0.3, 0.4) is 0 Å². The molecule has 0 spiro atoms. The summed E-state index contributed by atoms with van der Waals surface area (Å²) in [5.41, 5.74) is 8.44. The van der Waals surface area contributed by atoms with E-state index in [-0.39, 0.29) is 12.1 Å². The third-order valence-electron chi connectivity index (χ3n) is 11.9. The van der Waals surface area contributed by atoms with Crippen LogP contribution in [0, 0.1) is 0 Å². The fraction of sp³-hybridized carbons (Fsp3) is 0.240. The van der Waals surface area contributed by atoms with Crippen LogP contribution in [0.25, 0.3) is 21.5 Å². The molecule has 2 heterocycles. The van der Waals surface area contributed by atoms with Crippen molar-refractivity contribution < 1.29 is 0 Å². The summed E-state index contributed by atoms with van der Waals surface area (Å²) in [4.78, 5) is 10.7. The second-order valence-electron chi connectivity index (χ2n) is 15.1. The van der Waals surface area contributed by atoms with Crippen LogP contribution in [0.1, 0.15) is 45.5 Å². The molecule has 0 saturated carbocycles. The first-order chi connectivity index (χ1) is 26.8. The maximum atomic E-state index is 2.69. The Morgan fingerprint density at radius 3 is 0.796 bits per heavy atom. The maximum Gasteiger partial charge on any atom is 0.0602 e. The van der Waals surface area contributed by atoms with E-state index in [0.29, 0.717) is 0 Å². The quantitative estimate of drug-likeness (QED) is 0.131. The Labute approximate surface area is 320 Å². The van der Waals surface area contributed by atoms with Gasteiger partial charge >= 0.3 is 0 Å². The molecule has 0 amide bonds. The molecular weight excluding hydrogens is 657 g/mol. The van der Waals surface area contributed by atoms with Gasteiger partial charge in [0.15, 0.2) is 0 Å². The molecule has 7 aromatic rings. The number of hydrogen-bond donors (Lipinski definition) is 0. The van der Waals surface area contributed by atoms with Gasteiger partial charge < -0.3 is 0 Å². The SMILES string of the molecule is c1ccc(C(c2ccccc2)N2CCN(Cc3c4ccccc4c(CN4CCN(C(c5ccccc5)c5ccccc5)CC4)c4ccccc34)CC2)cc1. The first-order valence-electron chi connectivity index (χ1n) is 19.8. The van der Waals surface area contributed by atoms with Crippen molar-refractivity contribution >= 4 is 21.5 Å². The Morgan fingerprint density at radius 1 is 0.296 bits per heavy atom. The van der Waals surface area contributed by atoms with Gasteiger partial charge in [0.2, 0.25) is 0 Å². The highest BCUT2D eigenvalue weighted by molar-refractivity contribution is 6.05. The van der Waals surface area contributed by atoms with Gasteiger partial charge in [-0.25, -0.2) is 0 Å². The van der Waals surface area contributed by atoms with Gasteiger partial charge in [0.05, 0.1) is 12.1 Å². The van der Waals surface area contributed by atoms with Crippen LogP contribution in [-0.4, -0.2) is 72.0 Å². The minimum Gasteiger partial charge on any atom is -0.296 e. The summed E-state index contributed by atoms with van der Waals surface area (Å²) in [5, 5.41) is 5.64. The fourth-order valence-corrected chi connectivity index (χ4v) is 9.23. The second kappa shape index (κ2) is 16.1. The molecule has 54 heavy (non-hydrogen) atoms. The molecule has 2 aliphatic rings.